The van der Waals surface area contributed by atoms with Gasteiger partial charge in [0.15, 0.2) is 5.82 Å². The third-order valence-corrected chi connectivity index (χ3v) is 3.87. The number of methoxy groups -OCH3 is 1. The molecular formula is C17H15F3N4O. The molecule has 5 N–H and O–H groups in total. The maximum absolute atomic E-state index is 12.8. The first-order chi connectivity index (χ1) is 11.8. The van der Waals surface area contributed by atoms with Gasteiger partial charge in [0.1, 0.15) is 5.75 Å². The highest BCUT2D eigenvalue weighted by molar-refractivity contribution is 6.04. The quantitative estimate of drug-likeness (QED) is 0.495. The molecule has 0 bridgehead atoms. The Balaban J connectivity index is 2.27. The Kier molecular flexibility index (Phi) is 4.13. The van der Waals surface area contributed by atoms with E-state index in [4.69, 9.17) is 16.3 Å². The molecule has 2 aromatic carbocycles. The van der Waals surface area contributed by atoms with Crippen LogP contribution in [0, 0.1) is 0 Å². The molecule has 0 aliphatic heterocycles. The van der Waals surface area contributed by atoms with Gasteiger partial charge in [0.05, 0.1) is 23.9 Å². The zero-order chi connectivity index (χ0) is 18.2. The van der Waals surface area contributed by atoms with E-state index in [0.29, 0.717) is 27.8 Å². The number of halogens is 3. The Morgan fingerprint density at radius 2 is 1.76 bits per heavy atom. The van der Waals surface area contributed by atoms with Gasteiger partial charge < -0.3 is 15.9 Å². The Bertz CT molecular complexity index is 924. The highest BCUT2D eigenvalue weighted by Gasteiger charge is 2.30. The van der Waals surface area contributed by atoms with Crippen molar-refractivity contribution in [3.05, 3.63) is 48.0 Å². The molecule has 0 spiro atoms. The van der Waals surface area contributed by atoms with Crippen LogP contribution < -0.4 is 21.7 Å². The Morgan fingerprint density at radius 1 is 1.08 bits per heavy atom. The number of ether oxygens (including phenoxy) is 1. The van der Waals surface area contributed by atoms with Gasteiger partial charge in [-0.1, -0.05) is 12.1 Å². The van der Waals surface area contributed by atoms with E-state index in [-0.39, 0.29) is 11.5 Å². The van der Waals surface area contributed by atoms with Crippen molar-refractivity contribution in [1.29, 1.82) is 0 Å². The number of benzene rings is 2. The van der Waals surface area contributed by atoms with Gasteiger partial charge >= 0.3 is 6.18 Å². The molecule has 1 aromatic heterocycles. The number of alkyl halides is 3. The Hall–Kier alpha value is -3.00. The number of fused-ring (bicyclic) bond motifs is 1. The summed E-state index contributed by atoms with van der Waals surface area (Å²) in [6, 6.07) is 9.94. The van der Waals surface area contributed by atoms with Gasteiger partial charge in [-0.05, 0) is 35.9 Å². The second-order valence-electron chi connectivity index (χ2n) is 5.35. The normalized spacial score (nSPS) is 11.6. The van der Waals surface area contributed by atoms with Gasteiger partial charge in [0.2, 0.25) is 0 Å². The monoisotopic (exact) mass is 348 g/mol. The molecule has 0 fully saturated rings. The van der Waals surface area contributed by atoms with Crippen molar-refractivity contribution in [2.75, 3.05) is 18.3 Å². The number of hydrogen-bond donors (Lipinski definition) is 3. The number of rotatable bonds is 3. The van der Waals surface area contributed by atoms with Crippen LogP contribution in [0.5, 0.6) is 5.75 Å². The molecule has 0 radical (unpaired) electrons. The summed E-state index contributed by atoms with van der Waals surface area (Å²) in [5, 5.41) is 0.649. The van der Waals surface area contributed by atoms with Gasteiger partial charge in [0, 0.05) is 10.9 Å². The summed E-state index contributed by atoms with van der Waals surface area (Å²) in [4.78, 5) is 4.31. The van der Waals surface area contributed by atoms with Crippen molar-refractivity contribution in [3.63, 3.8) is 0 Å². The second kappa shape index (κ2) is 6.14. The van der Waals surface area contributed by atoms with Crippen LogP contribution in [-0.2, 0) is 6.18 Å². The number of anilines is 2. The topological polar surface area (TPSA) is 86.2 Å². The van der Waals surface area contributed by atoms with Crippen LogP contribution in [0.2, 0.25) is 0 Å². The predicted octanol–water partition coefficient (Wildman–Crippen LogP) is 3.80. The summed E-state index contributed by atoms with van der Waals surface area (Å²) >= 11 is 0. The molecule has 8 heteroatoms. The van der Waals surface area contributed by atoms with Crippen LogP contribution in [-0.4, -0.2) is 12.1 Å². The van der Waals surface area contributed by atoms with Crippen molar-refractivity contribution in [1.82, 2.24) is 4.98 Å². The van der Waals surface area contributed by atoms with Crippen molar-refractivity contribution in [3.8, 4) is 16.9 Å². The van der Waals surface area contributed by atoms with Gasteiger partial charge in [-0.2, -0.15) is 13.2 Å². The maximum Gasteiger partial charge on any atom is 0.416 e. The minimum absolute atomic E-state index is 0.239. The largest absolute Gasteiger partial charge is 0.497 e. The van der Waals surface area contributed by atoms with E-state index in [9.17, 15) is 13.2 Å². The van der Waals surface area contributed by atoms with Crippen LogP contribution in [0.25, 0.3) is 22.0 Å². The fourth-order valence-electron chi connectivity index (χ4n) is 2.63. The highest BCUT2D eigenvalue weighted by atomic mass is 19.4. The lowest BCUT2D eigenvalue weighted by Crippen LogP contribution is -2.12. The van der Waals surface area contributed by atoms with E-state index >= 15 is 0 Å². The maximum atomic E-state index is 12.8. The lowest BCUT2D eigenvalue weighted by Gasteiger charge is -2.15. The summed E-state index contributed by atoms with van der Waals surface area (Å²) in [6.07, 6.45) is -4.41. The van der Waals surface area contributed by atoms with Gasteiger partial charge in [-0.15, -0.1) is 0 Å². The van der Waals surface area contributed by atoms with E-state index in [2.05, 4.69) is 10.4 Å². The molecule has 3 rings (SSSR count). The number of nitrogens with two attached hydrogens (primary N) is 2. The summed E-state index contributed by atoms with van der Waals surface area (Å²) in [5.74, 6) is 6.28. The SMILES string of the molecule is COc1ccc2nc(NN)c(N)c(-c3ccc(C(F)(F)F)cc3)c2c1. The molecule has 1 heterocycles. The van der Waals surface area contributed by atoms with Crippen LogP contribution in [0.3, 0.4) is 0 Å². The van der Waals surface area contributed by atoms with Crippen LogP contribution in [0.15, 0.2) is 42.5 Å². The first-order valence-corrected chi connectivity index (χ1v) is 7.26. The molecule has 25 heavy (non-hydrogen) atoms. The number of pyridine rings is 1. The van der Waals surface area contributed by atoms with E-state index in [1.807, 2.05) is 0 Å². The van der Waals surface area contributed by atoms with E-state index in [1.165, 1.54) is 19.2 Å². The number of hydrazine groups is 1. The lowest BCUT2D eigenvalue weighted by atomic mass is 9.98. The molecule has 130 valence electrons. The summed E-state index contributed by atoms with van der Waals surface area (Å²) in [6.45, 7) is 0. The molecule has 0 aliphatic carbocycles. The molecule has 5 nitrogen and oxygen atoms in total. The summed E-state index contributed by atoms with van der Waals surface area (Å²) in [7, 11) is 1.52. The molecule has 0 atom stereocenters. The molecular weight excluding hydrogens is 333 g/mol. The third-order valence-electron chi connectivity index (χ3n) is 3.87. The molecule has 0 aliphatic rings. The fourth-order valence-corrected chi connectivity index (χ4v) is 2.63. The standard InChI is InChI=1S/C17H15F3N4O/c1-25-11-6-7-13-12(8-11)14(15(21)16(23-13)24-22)9-2-4-10(5-3-9)17(18,19)20/h2-8H,21-22H2,1H3,(H,23,24). The zero-order valence-electron chi connectivity index (χ0n) is 13.2. The van der Waals surface area contributed by atoms with Gasteiger partial charge in [0.25, 0.3) is 0 Å². The van der Waals surface area contributed by atoms with Crippen LogP contribution in [0.1, 0.15) is 5.56 Å². The van der Waals surface area contributed by atoms with Gasteiger partial charge in [-0.25, -0.2) is 10.8 Å². The lowest BCUT2D eigenvalue weighted by molar-refractivity contribution is -0.137. The average Bonchev–Trinajstić information content (AvgIpc) is 2.60. The van der Waals surface area contributed by atoms with Crippen molar-refractivity contribution >= 4 is 22.4 Å². The first kappa shape index (κ1) is 16.8. The van der Waals surface area contributed by atoms with Crippen LogP contribution in [0.4, 0.5) is 24.7 Å². The van der Waals surface area contributed by atoms with Crippen molar-refractivity contribution in [2.24, 2.45) is 5.84 Å². The Morgan fingerprint density at radius 3 is 2.32 bits per heavy atom. The fraction of sp³-hybridized carbons (Fsp3) is 0.118. The van der Waals surface area contributed by atoms with Crippen molar-refractivity contribution in [2.45, 2.75) is 6.18 Å². The average molecular weight is 348 g/mol. The second-order valence-corrected chi connectivity index (χ2v) is 5.35. The molecule has 3 aromatic rings. The number of nitrogens with zero attached hydrogens (tertiary/aromatic N) is 1. The predicted molar refractivity (Wildman–Crippen MR) is 91.0 cm³/mol. The number of aromatic nitrogens is 1. The Labute approximate surface area is 141 Å². The summed E-state index contributed by atoms with van der Waals surface area (Å²) < 4.78 is 43.6. The highest BCUT2D eigenvalue weighted by Crippen LogP contribution is 2.39. The molecule has 0 amide bonds. The van der Waals surface area contributed by atoms with E-state index in [1.54, 1.807) is 18.2 Å². The smallest absolute Gasteiger partial charge is 0.416 e. The molecule has 0 saturated carbocycles. The van der Waals surface area contributed by atoms with Crippen molar-refractivity contribution < 1.29 is 17.9 Å². The van der Waals surface area contributed by atoms with Gasteiger partial charge in [-0.3, -0.25) is 0 Å². The number of hydrogen-bond acceptors (Lipinski definition) is 5. The number of nitrogens with one attached hydrogen (secondary N) is 1. The molecule has 0 saturated heterocycles. The van der Waals surface area contributed by atoms with E-state index in [0.717, 1.165) is 12.1 Å². The number of nitrogen functional groups attached to an aromatic ring is 2. The zero-order valence-corrected chi connectivity index (χ0v) is 13.2. The molecule has 0 unspecified atom stereocenters. The van der Waals surface area contributed by atoms with Crippen LogP contribution >= 0.6 is 0 Å². The van der Waals surface area contributed by atoms with E-state index < -0.39 is 11.7 Å². The minimum Gasteiger partial charge on any atom is -0.497 e. The summed E-state index contributed by atoms with van der Waals surface area (Å²) in [5.41, 5.74) is 9.69. The third kappa shape index (κ3) is 3.03. The first-order valence-electron chi connectivity index (χ1n) is 7.26. The minimum atomic E-state index is -4.41.